The number of hydrogen-bond acceptors (Lipinski definition) is 3. The van der Waals surface area contributed by atoms with Crippen molar-refractivity contribution in [1.82, 2.24) is 4.90 Å². The maximum Gasteiger partial charge on any atom is 0.256 e. The monoisotopic (exact) mass is 288 g/mol. The summed E-state index contributed by atoms with van der Waals surface area (Å²) in [6, 6.07) is 5.75. The molecule has 1 aromatic carbocycles. The first-order valence-corrected chi connectivity index (χ1v) is 7.95. The van der Waals surface area contributed by atoms with E-state index < -0.39 is 0 Å². The van der Waals surface area contributed by atoms with Gasteiger partial charge in [-0.05, 0) is 43.7 Å². The molecule has 4 heteroatoms. The smallest absolute Gasteiger partial charge is 0.256 e. The van der Waals surface area contributed by atoms with Crippen LogP contribution in [0.25, 0.3) is 0 Å². The largest absolute Gasteiger partial charge is 0.497 e. The SMILES string of the molecule is COc1ccc(C(=O)N2CCCC2C2CCCC2)c(N)c1. The van der Waals surface area contributed by atoms with Crippen molar-refractivity contribution in [2.75, 3.05) is 19.4 Å². The molecule has 1 heterocycles. The van der Waals surface area contributed by atoms with Gasteiger partial charge in [-0.3, -0.25) is 4.79 Å². The number of nitrogen functional groups attached to an aromatic ring is 1. The number of ether oxygens (including phenoxy) is 1. The van der Waals surface area contributed by atoms with Crippen molar-refractivity contribution < 1.29 is 9.53 Å². The Morgan fingerprint density at radius 2 is 2.00 bits per heavy atom. The van der Waals surface area contributed by atoms with Gasteiger partial charge in [0.25, 0.3) is 5.91 Å². The molecule has 4 nitrogen and oxygen atoms in total. The number of amides is 1. The molecule has 114 valence electrons. The molecule has 1 unspecified atom stereocenters. The van der Waals surface area contributed by atoms with Crippen LogP contribution >= 0.6 is 0 Å². The molecule has 2 N–H and O–H groups in total. The third-order valence-electron chi connectivity index (χ3n) is 4.99. The van der Waals surface area contributed by atoms with Gasteiger partial charge < -0.3 is 15.4 Å². The van der Waals surface area contributed by atoms with E-state index >= 15 is 0 Å². The van der Waals surface area contributed by atoms with Gasteiger partial charge in [0.2, 0.25) is 0 Å². The fraction of sp³-hybridized carbons (Fsp3) is 0.588. The lowest BCUT2D eigenvalue weighted by molar-refractivity contribution is 0.0690. The van der Waals surface area contributed by atoms with Crippen molar-refractivity contribution in [3.63, 3.8) is 0 Å². The summed E-state index contributed by atoms with van der Waals surface area (Å²) in [5.41, 5.74) is 7.16. The number of nitrogens with two attached hydrogens (primary N) is 1. The van der Waals surface area contributed by atoms with Gasteiger partial charge in [0.15, 0.2) is 0 Å². The van der Waals surface area contributed by atoms with Crippen molar-refractivity contribution in [2.45, 2.75) is 44.6 Å². The highest BCUT2D eigenvalue weighted by molar-refractivity contribution is 5.99. The Bertz CT molecular complexity index is 524. The molecule has 0 bridgehead atoms. The minimum absolute atomic E-state index is 0.0875. The van der Waals surface area contributed by atoms with E-state index in [1.807, 2.05) is 6.07 Å². The minimum atomic E-state index is 0.0875. The second-order valence-corrected chi connectivity index (χ2v) is 6.21. The molecule has 1 atom stereocenters. The predicted octanol–water partition coefficient (Wildman–Crippen LogP) is 3.07. The van der Waals surface area contributed by atoms with E-state index in [-0.39, 0.29) is 5.91 Å². The second kappa shape index (κ2) is 5.96. The second-order valence-electron chi connectivity index (χ2n) is 6.21. The van der Waals surface area contributed by atoms with E-state index in [0.717, 1.165) is 19.4 Å². The van der Waals surface area contributed by atoms with E-state index in [9.17, 15) is 4.79 Å². The number of nitrogens with zero attached hydrogens (tertiary/aromatic N) is 1. The summed E-state index contributed by atoms with van der Waals surface area (Å²) >= 11 is 0. The molecular formula is C17H24N2O2. The molecule has 1 aliphatic carbocycles. The van der Waals surface area contributed by atoms with Gasteiger partial charge in [0, 0.05) is 24.3 Å². The van der Waals surface area contributed by atoms with Crippen LogP contribution in [0.5, 0.6) is 5.75 Å². The number of methoxy groups -OCH3 is 1. The van der Waals surface area contributed by atoms with Crippen LogP contribution in [0.3, 0.4) is 0 Å². The first-order valence-electron chi connectivity index (χ1n) is 7.95. The molecular weight excluding hydrogens is 264 g/mol. The maximum atomic E-state index is 12.8. The highest BCUT2D eigenvalue weighted by Gasteiger charge is 2.36. The molecule has 1 aliphatic heterocycles. The van der Waals surface area contributed by atoms with E-state index in [2.05, 4.69) is 4.90 Å². The third-order valence-corrected chi connectivity index (χ3v) is 4.99. The number of likely N-dealkylation sites (tertiary alicyclic amines) is 1. The van der Waals surface area contributed by atoms with Crippen LogP contribution in [0.15, 0.2) is 18.2 Å². The zero-order valence-electron chi connectivity index (χ0n) is 12.7. The van der Waals surface area contributed by atoms with Crippen LogP contribution in [0.2, 0.25) is 0 Å². The Morgan fingerprint density at radius 3 is 2.67 bits per heavy atom. The number of carbonyl (C=O) groups excluding carboxylic acids is 1. The van der Waals surface area contributed by atoms with Crippen molar-refractivity contribution in [3.8, 4) is 5.75 Å². The highest BCUT2D eigenvalue weighted by atomic mass is 16.5. The molecule has 3 rings (SSSR count). The Hall–Kier alpha value is -1.71. The Balaban J connectivity index is 1.80. The number of hydrogen-bond donors (Lipinski definition) is 1. The van der Waals surface area contributed by atoms with Crippen LogP contribution in [0, 0.1) is 5.92 Å². The fourth-order valence-corrected chi connectivity index (χ4v) is 3.89. The van der Waals surface area contributed by atoms with Crippen molar-refractivity contribution in [2.24, 2.45) is 5.92 Å². The Kier molecular flexibility index (Phi) is 4.04. The first-order chi connectivity index (χ1) is 10.2. The van der Waals surface area contributed by atoms with E-state index in [4.69, 9.17) is 10.5 Å². The highest BCUT2D eigenvalue weighted by Crippen LogP contribution is 2.36. The van der Waals surface area contributed by atoms with Crippen molar-refractivity contribution >= 4 is 11.6 Å². The number of carbonyl (C=O) groups is 1. The number of rotatable bonds is 3. The maximum absolute atomic E-state index is 12.8. The lowest BCUT2D eigenvalue weighted by atomic mass is 9.95. The molecule has 2 aliphatic rings. The lowest BCUT2D eigenvalue weighted by Crippen LogP contribution is -2.39. The Labute approximate surface area is 126 Å². The summed E-state index contributed by atoms with van der Waals surface area (Å²) in [6.07, 6.45) is 7.43. The zero-order chi connectivity index (χ0) is 14.8. The molecule has 21 heavy (non-hydrogen) atoms. The van der Waals surface area contributed by atoms with E-state index in [1.165, 1.54) is 25.7 Å². The molecule has 1 aromatic rings. The van der Waals surface area contributed by atoms with Gasteiger partial charge in [-0.15, -0.1) is 0 Å². The average Bonchev–Trinajstić information content (AvgIpc) is 3.16. The van der Waals surface area contributed by atoms with E-state index in [1.54, 1.807) is 19.2 Å². The molecule has 1 amide bonds. The molecule has 1 saturated heterocycles. The van der Waals surface area contributed by atoms with Crippen molar-refractivity contribution in [3.05, 3.63) is 23.8 Å². The van der Waals surface area contributed by atoms with Crippen molar-refractivity contribution in [1.29, 1.82) is 0 Å². The summed E-state index contributed by atoms with van der Waals surface area (Å²) in [7, 11) is 1.60. The topological polar surface area (TPSA) is 55.6 Å². The van der Waals surface area contributed by atoms with Gasteiger partial charge in [0.05, 0.1) is 12.7 Å². The summed E-state index contributed by atoms with van der Waals surface area (Å²) < 4.78 is 5.15. The lowest BCUT2D eigenvalue weighted by Gasteiger charge is -2.30. The quantitative estimate of drug-likeness (QED) is 0.870. The van der Waals surface area contributed by atoms with E-state index in [0.29, 0.717) is 29.0 Å². The molecule has 0 radical (unpaired) electrons. The molecule has 0 spiro atoms. The van der Waals surface area contributed by atoms with Gasteiger partial charge in [0.1, 0.15) is 5.75 Å². The zero-order valence-corrected chi connectivity index (χ0v) is 12.7. The number of anilines is 1. The predicted molar refractivity (Wildman–Crippen MR) is 83.4 cm³/mol. The van der Waals surface area contributed by atoms with Crippen LogP contribution in [0.1, 0.15) is 48.9 Å². The minimum Gasteiger partial charge on any atom is -0.497 e. The molecule has 0 aromatic heterocycles. The molecule has 2 fully saturated rings. The first kappa shape index (κ1) is 14.2. The van der Waals surface area contributed by atoms with Gasteiger partial charge >= 0.3 is 0 Å². The summed E-state index contributed by atoms with van der Waals surface area (Å²) in [5.74, 6) is 1.47. The van der Waals surface area contributed by atoms with Gasteiger partial charge in [-0.2, -0.15) is 0 Å². The van der Waals surface area contributed by atoms with Gasteiger partial charge in [-0.25, -0.2) is 0 Å². The Morgan fingerprint density at radius 1 is 1.24 bits per heavy atom. The normalized spacial score (nSPS) is 22.7. The summed E-state index contributed by atoms with van der Waals surface area (Å²) in [4.78, 5) is 14.9. The number of benzene rings is 1. The summed E-state index contributed by atoms with van der Waals surface area (Å²) in [6.45, 7) is 0.867. The molecule has 1 saturated carbocycles. The van der Waals surface area contributed by atoms with Crippen LogP contribution in [-0.2, 0) is 0 Å². The third kappa shape index (κ3) is 2.71. The van der Waals surface area contributed by atoms with Crippen LogP contribution in [0.4, 0.5) is 5.69 Å². The standard InChI is InChI=1S/C17H24N2O2/c1-21-13-8-9-14(15(18)11-13)17(20)19-10-4-7-16(19)12-5-2-3-6-12/h8-9,11-12,16H,2-7,10,18H2,1H3. The average molecular weight is 288 g/mol. The summed E-state index contributed by atoms with van der Waals surface area (Å²) in [5, 5.41) is 0. The van der Waals surface area contributed by atoms with Gasteiger partial charge in [-0.1, -0.05) is 12.8 Å². The fourth-order valence-electron chi connectivity index (χ4n) is 3.89. The van der Waals surface area contributed by atoms with Crippen LogP contribution in [-0.4, -0.2) is 30.5 Å². The van der Waals surface area contributed by atoms with Crippen LogP contribution < -0.4 is 10.5 Å².